The Bertz CT molecular complexity index is 789. The first-order chi connectivity index (χ1) is 13.0. The predicted molar refractivity (Wildman–Crippen MR) is 110 cm³/mol. The van der Waals surface area contributed by atoms with E-state index >= 15 is 0 Å². The van der Waals surface area contributed by atoms with Gasteiger partial charge in [-0.05, 0) is 52.1 Å². The summed E-state index contributed by atoms with van der Waals surface area (Å²) in [5.41, 5.74) is 4.47. The number of carbonyl (C=O) groups is 1. The van der Waals surface area contributed by atoms with Crippen LogP contribution in [0.5, 0.6) is 0 Å². The summed E-state index contributed by atoms with van der Waals surface area (Å²) in [4.78, 5) is 24.1. The lowest BCUT2D eigenvalue weighted by Crippen LogP contribution is -2.42. The number of hydrogen-bond acceptors (Lipinski definition) is 4. The molecule has 3 rings (SSSR count). The zero-order chi connectivity index (χ0) is 19.4. The van der Waals surface area contributed by atoms with Gasteiger partial charge in [0.05, 0.1) is 0 Å². The van der Waals surface area contributed by atoms with Crippen molar-refractivity contribution in [3.8, 4) is 0 Å². The first kappa shape index (κ1) is 19.4. The van der Waals surface area contributed by atoms with E-state index < -0.39 is 0 Å². The molecule has 0 radical (unpaired) electrons. The van der Waals surface area contributed by atoms with Crippen LogP contribution in [0.3, 0.4) is 0 Å². The second-order valence-electron chi connectivity index (χ2n) is 7.60. The highest BCUT2D eigenvalue weighted by Gasteiger charge is 2.29. The van der Waals surface area contributed by atoms with Crippen molar-refractivity contribution in [2.45, 2.75) is 26.3 Å². The Hall–Kier alpha value is -2.40. The van der Waals surface area contributed by atoms with E-state index in [-0.39, 0.29) is 11.9 Å². The molecule has 1 aliphatic heterocycles. The minimum Gasteiger partial charge on any atom is -0.370 e. The number of aryl methyl sites for hydroxylation is 2. The van der Waals surface area contributed by atoms with Gasteiger partial charge in [0.1, 0.15) is 6.04 Å². The third-order valence-electron chi connectivity index (χ3n) is 5.16. The Morgan fingerprint density at radius 3 is 2.59 bits per heavy atom. The van der Waals surface area contributed by atoms with Crippen molar-refractivity contribution in [3.05, 3.63) is 59.4 Å². The van der Waals surface area contributed by atoms with Crippen molar-refractivity contribution in [2.75, 3.05) is 45.2 Å². The molecule has 1 amide bonds. The van der Waals surface area contributed by atoms with Crippen molar-refractivity contribution in [2.24, 2.45) is 0 Å². The highest BCUT2D eigenvalue weighted by atomic mass is 16.2. The summed E-state index contributed by atoms with van der Waals surface area (Å²) in [5, 5.41) is 0. The number of anilines is 1. The van der Waals surface area contributed by atoms with Crippen molar-refractivity contribution < 1.29 is 4.79 Å². The molecule has 5 nitrogen and oxygen atoms in total. The van der Waals surface area contributed by atoms with E-state index in [9.17, 15) is 4.79 Å². The van der Waals surface area contributed by atoms with Crippen molar-refractivity contribution in [1.82, 2.24) is 14.8 Å². The van der Waals surface area contributed by atoms with Crippen LogP contribution in [-0.2, 0) is 4.79 Å². The summed E-state index contributed by atoms with van der Waals surface area (Å²) >= 11 is 0. The Morgan fingerprint density at radius 2 is 1.89 bits per heavy atom. The van der Waals surface area contributed by atoms with Gasteiger partial charge >= 0.3 is 0 Å². The zero-order valence-electron chi connectivity index (χ0n) is 16.9. The molecule has 1 aromatic carbocycles. The molecule has 27 heavy (non-hydrogen) atoms. The van der Waals surface area contributed by atoms with Gasteiger partial charge in [-0.15, -0.1) is 0 Å². The quantitative estimate of drug-likeness (QED) is 0.834. The fourth-order valence-corrected chi connectivity index (χ4v) is 3.80. The van der Waals surface area contributed by atoms with E-state index in [0.29, 0.717) is 0 Å². The van der Waals surface area contributed by atoms with E-state index in [2.05, 4.69) is 47.1 Å². The van der Waals surface area contributed by atoms with Crippen LogP contribution < -0.4 is 4.90 Å². The molecule has 1 fully saturated rings. The monoisotopic (exact) mass is 366 g/mol. The molecule has 0 bridgehead atoms. The normalized spacial score (nSPS) is 16.3. The number of likely N-dealkylation sites (N-methyl/N-ethyl adjacent to an activating group) is 1. The smallest absolute Gasteiger partial charge is 0.244 e. The van der Waals surface area contributed by atoms with Gasteiger partial charge in [-0.3, -0.25) is 14.7 Å². The molecule has 144 valence electrons. The molecule has 2 aromatic rings. The van der Waals surface area contributed by atoms with Crippen LogP contribution in [0.1, 0.15) is 29.3 Å². The van der Waals surface area contributed by atoms with Gasteiger partial charge in [0.15, 0.2) is 0 Å². The summed E-state index contributed by atoms with van der Waals surface area (Å²) in [6.07, 6.45) is 2.83. The standard InChI is InChI=1S/C22H30N4O/c1-17-7-5-8-19(15-17)21(24(3)4)22(27)26-12-6-11-25(13-14-26)20-9-10-23-18(2)16-20/h5,7-10,15-16,21H,6,11-14H2,1-4H3/t21-/m1/s1. The molecule has 5 heteroatoms. The molecule has 1 aliphatic rings. The van der Waals surface area contributed by atoms with Gasteiger partial charge in [0.2, 0.25) is 5.91 Å². The molecule has 0 spiro atoms. The highest BCUT2D eigenvalue weighted by molar-refractivity contribution is 5.83. The molecule has 0 aliphatic carbocycles. The number of amides is 1. The van der Waals surface area contributed by atoms with Gasteiger partial charge in [0.25, 0.3) is 0 Å². The molecule has 0 saturated carbocycles. The van der Waals surface area contributed by atoms with Gasteiger partial charge < -0.3 is 9.80 Å². The van der Waals surface area contributed by atoms with Crippen molar-refractivity contribution in [3.63, 3.8) is 0 Å². The first-order valence-electron chi connectivity index (χ1n) is 9.65. The number of nitrogens with zero attached hydrogens (tertiary/aromatic N) is 4. The molecule has 1 atom stereocenters. The number of rotatable bonds is 4. The second kappa shape index (κ2) is 8.53. The summed E-state index contributed by atoms with van der Waals surface area (Å²) in [6.45, 7) is 7.45. The highest BCUT2D eigenvalue weighted by Crippen LogP contribution is 2.24. The van der Waals surface area contributed by atoms with Crippen LogP contribution >= 0.6 is 0 Å². The Kier molecular flexibility index (Phi) is 6.11. The Balaban J connectivity index is 1.74. The molecule has 2 heterocycles. The van der Waals surface area contributed by atoms with Crippen LogP contribution in [0.2, 0.25) is 0 Å². The number of hydrogen-bond donors (Lipinski definition) is 0. The van der Waals surface area contributed by atoms with Gasteiger partial charge in [0, 0.05) is 43.8 Å². The molecule has 1 saturated heterocycles. The summed E-state index contributed by atoms with van der Waals surface area (Å²) < 4.78 is 0. The first-order valence-corrected chi connectivity index (χ1v) is 9.65. The SMILES string of the molecule is Cc1cccc([C@H](C(=O)N2CCCN(c3ccnc(C)c3)CC2)N(C)C)c1. The van der Waals surface area contributed by atoms with Crippen LogP contribution in [0.4, 0.5) is 5.69 Å². The number of carbonyl (C=O) groups excluding carboxylic acids is 1. The molecule has 0 N–H and O–H groups in total. The molecule has 0 unspecified atom stereocenters. The lowest BCUT2D eigenvalue weighted by molar-refractivity contribution is -0.136. The van der Waals surface area contributed by atoms with E-state index in [0.717, 1.165) is 43.9 Å². The number of aromatic nitrogens is 1. The molecular formula is C22H30N4O. The summed E-state index contributed by atoms with van der Waals surface area (Å²) in [6, 6.07) is 12.2. The largest absolute Gasteiger partial charge is 0.370 e. The van der Waals surface area contributed by atoms with E-state index in [1.54, 1.807) is 0 Å². The second-order valence-corrected chi connectivity index (χ2v) is 7.60. The van der Waals surface area contributed by atoms with Crippen LogP contribution in [0.15, 0.2) is 42.6 Å². The van der Waals surface area contributed by atoms with E-state index in [1.165, 1.54) is 11.3 Å². The van der Waals surface area contributed by atoms with Crippen LogP contribution in [0, 0.1) is 13.8 Å². The fraction of sp³-hybridized carbons (Fsp3) is 0.455. The third-order valence-corrected chi connectivity index (χ3v) is 5.16. The van der Waals surface area contributed by atoms with E-state index in [4.69, 9.17) is 0 Å². The summed E-state index contributed by atoms with van der Waals surface area (Å²) in [5.74, 6) is 0.193. The van der Waals surface area contributed by atoms with Gasteiger partial charge in [-0.2, -0.15) is 0 Å². The third kappa shape index (κ3) is 4.66. The lowest BCUT2D eigenvalue weighted by atomic mass is 10.0. The number of benzene rings is 1. The maximum atomic E-state index is 13.4. The average Bonchev–Trinajstić information content (AvgIpc) is 2.88. The predicted octanol–water partition coefficient (Wildman–Crippen LogP) is 3.04. The Morgan fingerprint density at radius 1 is 1.07 bits per heavy atom. The van der Waals surface area contributed by atoms with Gasteiger partial charge in [-0.25, -0.2) is 0 Å². The zero-order valence-corrected chi connectivity index (χ0v) is 16.9. The molecule has 1 aromatic heterocycles. The maximum absolute atomic E-state index is 13.4. The van der Waals surface area contributed by atoms with Crippen LogP contribution in [0.25, 0.3) is 0 Å². The number of pyridine rings is 1. The van der Waals surface area contributed by atoms with E-state index in [1.807, 2.05) is 43.1 Å². The van der Waals surface area contributed by atoms with Crippen molar-refractivity contribution in [1.29, 1.82) is 0 Å². The average molecular weight is 367 g/mol. The lowest BCUT2D eigenvalue weighted by Gasteiger charge is -2.30. The van der Waals surface area contributed by atoms with Crippen LogP contribution in [-0.4, -0.2) is 61.0 Å². The maximum Gasteiger partial charge on any atom is 0.244 e. The summed E-state index contributed by atoms with van der Waals surface area (Å²) in [7, 11) is 3.96. The van der Waals surface area contributed by atoms with Gasteiger partial charge in [-0.1, -0.05) is 29.8 Å². The minimum absolute atomic E-state index is 0.193. The topological polar surface area (TPSA) is 39.7 Å². The Labute approximate surface area is 162 Å². The fourth-order valence-electron chi connectivity index (χ4n) is 3.80. The minimum atomic E-state index is -0.236. The molecular weight excluding hydrogens is 336 g/mol. The van der Waals surface area contributed by atoms with Crippen molar-refractivity contribution >= 4 is 11.6 Å².